The molecule has 0 bridgehead atoms. The van der Waals surface area contributed by atoms with Crippen LogP contribution in [0.2, 0.25) is 13.1 Å². The van der Waals surface area contributed by atoms with Crippen molar-refractivity contribution >= 4 is 40.4 Å². The molecule has 0 aliphatic rings. The molecule has 0 saturated carbocycles. The Balaban J connectivity index is 1.54. The minimum absolute atomic E-state index is 0.263. The molecule has 0 fully saturated rings. The van der Waals surface area contributed by atoms with Gasteiger partial charge in [-0.1, -0.05) is 85.0 Å². The number of para-hydroxylation sites is 1. The second-order valence-electron chi connectivity index (χ2n) is 9.13. The highest BCUT2D eigenvalue weighted by Gasteiger charge is 2.27. The van der Waals surface area contributed by atoms with Crippen LogP contribution in [0.15, 0.2) is 115 Å². The first-order valence-electron chi connectivity index (χ1n) is 12.0. The van der Waals surface area contributed by atoms with Gasteiger partial charge in [-0.2, -0.15) is 0 Å². The van der Waals surface area contributed by atoms with E-state index < -0.39 is 8.07 Å². The molecule has 0 unspecified atom stereocenters. The maximum atomic E-state index is 8.06. The largest absolute Gasteiger partial charge is 0.294 e. The smallest absolute Gasteiger partial charge is 0.137 e. The second-order valence-corrected chi connectivity index (χ2v) is 13.5. The van der Waals surface area contributed by atoms with Gasteiger partial charge < -0.3 is 0 Å². The standard InChI is InChI=1S/C30H25N3Si/c1-34(2,30-15-6-8-19-32-30)24-11-9-10-22(20-24)23-16-17-26-25-12-3-4-13-27(25)33(28(26)21-23)29-14-5-7-18-31-29/h3-21H,1-2H3/i18D. The molecule has 0 aliphatic heterocycles. The predicted octanol–water partition coefficient (Wildman–Crippen LogP) is 6.06. The molecule has 0 N–H and O–H groups in total. The number of nitrogens with zero attached hydrogens (tertiary/aromatic N) is 3. The third kappa shape index (κ3) is 3.35. The summed E-state index contributed by atoms with van der Waals surface area (Å²) < 4.78 is 10.2. The first-order valence-corrected chi connectivity index (χ1v) is 14.5. The highest BCUT2D eigenvalue weighted by atomic mass is 28.3. The number of rotatable bonds is 4. The van der Waals surface area contributed by atoms with Crippen molar-refractivity contribution in [3.05, 3.63) is 115 Å². The molecule has 4 heteroatoms. The van der Waals surface area contributed by atoms with E-state index in [-0.39, 0.29) is 6.17 Å². The van der Waals surface area contributed by atoms with Crippen LogP contribution in [0.1, 0.15) is 1.37 Å². The Morgan fingerprint density at radius 3 is 2.32 bits per heavy atom. The van der Waals surface area contributed by atoms with Crippen LogP contribution in [0.5, 0.6) is 0 Å². The molecule has 34 heavy (non-hydrogen) atoms. The molecule has 164 valence electrons. The Bertz CT molecular complexity index is 1690. The monoisotopic (exact) mass is 456 g/mol. The van der Waals surface area contributed by atoms with Crippen molar-refractivity contribution in [1.82, 2.24) is 14.5 Å². The first kappa shape index (κ1) is 19.4. The van der Waals surface area contributed by atoms with Crippen LogP contribution >= 0.6 is 0 Å². The van der Waals surface area contributed by atoms with Crippen LogP contribution in [0.25, 0.3) is 38.8 Å². The molecular formula is C30H25N3Si. The molecule has 0 spiro atoms. The van der Waals surface area contributed by atoms with E-state index in [1.54, 1.807) is 6.07 Å². The maximum Gasteiger partial charge on any atom is 0.137 e. The van der Waals surface area contributed by atoms with Gasteiger partial charge in [-0.25, -0.2) is 4.98 Å². The van der Waals surface area contributed by atoms with E-state index in [4.69, 9.17) is 1.37 Å². The summed E-state index contributed by atoms with van der Waals surface area (Å²) in [5.74, 6) is 0.762. The summed E-state index contributed by atoms with van der Waals surface area (Å²) in [5.41, 5.74) is 4.54. The minimum atomic E-state index is -1.92. The lowest BCUT2D eigenvalue weighted by atomic mass is 10.0. The molecule has 0 saturated heterocycles. The zero-order valence-electron chi connectivity index (χ0n) is 20.2. The van der Waals surface area contributed by atoms with Gasteiger partial charge in [-0.15, -0.1) is 0 Å². The lowest BCUT2D eigenvalue weighted by molar-refractivity contribution is 1.08. The van der Waals surface area contributed by atoms with E-state index in [9.17, 15) is 0 Å². The molecule has 0 radical (unpaired) electrons. The van der Waals surface area contributed by atoms with Gasteiger partial charge in [0.2, 0.25) is 0 Å². The van der Waals surface area contributed by atoms with Gasteiger partial charge >= 0.3 is 0 Å². The number of benzene rings is 3. The van der Waals surface area contributed by atoms with Crippen molar-refractivity contribution in [1.29, 1.82) is 0 Å². The van der Waals surface area contributed by atoms with E-state index in [1.165, 1.54) is 26.8 Å². The number of fused-ring (bicyclic) bond motifs is 3. The van der Waals surface area contributed by atoms with Crippen molar-refractivity contribution in [2.24, 2.45) is 0 Å². The summed E-state index contributed by atoms with van der Waals surface area (Å²) in [6.07, 6.45) is 2.15. The molecule has 3 aromatic heterocycles. The molecule has 0 atom stereocenters. The van der Waals surface area contributed by atoms with E-state index in [1.807, 2.05) is 24.4 Å². The van der Waals surface area contributed by atoms with Crippen LogP contribution in [-0.2, 0) is 0 Å². The van der Waals surface area contributed by atoms with Crippen LogP contribution < -0.4 is 10.5 Å². The fraction of sp³-hybridized carbons (Fsp3) is 0.0667. The quantitative estimate of drug-likeness (QED) is 0.302. The molecule has 0 amide bonds. The Morgan fingerprint density at radius 1 is 0.676 bits per heavy atom. The summed E-state index contributed by atoms with van der Waals surface area (Å²) in [7, 11) is -1.92. The number of hydrogen-bond acceptors (Lipinski definition) is 2. The predicted molar refractivity (Wildman–Crippen MR) is 145 cm³/mol. The highest BCUT2D eigenvalue weighted by Crippen LogP contribution is 2.34. The van der Waals surface area contributed by atoms with Crippen molar-refractivity contribution in [2.45, 2.75) is 13.1 Å². The average Bonchev–Trinajstić information content (AvgIpc) is 3.23. The fourth-order valence-corrected chi connectivity index (χ4v) is 7.04. The molecule has 6 aromatic rings. The number of pyridine rings is 2. The molecule has 6 rings (SSSR count). The Hall–Kier alpha value is -4.02. The second kappa shape index (κ2) is 8.08. The molecule has 0 aliphatic carbocycles. The lowest BCUT2D eigenvalue weighted by Crippen LogP contribution is -2.54. The first-order chi connectivity index (χ1) is 17.0. The zero-order valence-corrected chi connectivity index (χ0v) is 20.2. The summed E-state index contributed by atoms with van der Waals surface area (Å²) in [4.78, 5) is 9.21. The van der Waals surface area contributed by atoms with Crippen LogP contribution in [0, 0.1) is 0 Å². The maximum absolute atomic E-state index is 8.06. The minimum Gasteiger partial charge on any atom is -0.294 e. The van der Waals surface area contributed by atoms with Crippen molar-refractivity contribution in [2.75, 3.05) is 0 Å². The van der Waals surface area contributed by atoms with Crippen molar-refractivity contribution < 1.29 is 1.37 Å². The van der Waals surface area contributed by atoms with Crippen molar-refractivity contribution in [3.63, 3.8) is 0 Å². The van der Waals surface area contributed by atoms with Gasteiger partial charge in [0, 0.05) is 28.5 Å². The van der Waals surface area contributed by atoms with Gasteiger partial charge in [0.25, 0.3) is 0 Å². The SMILES string of the molecule is [2H]c1cccc(-n2c3ccccc3c3ccc(-c4cccc([Si](C)(C)c5ccccn5)c4)cc32)n1. The fourth-order valence-electron chi connectivity index (χ4n) is 4.81. The van der Waals surface area contributed by atoms with Gasteiger partial charge in [0.15, 0.2) is 0 Å². The van der Waals surface area contributed by atoms with E-state index in [0.717, 1.165) is 22.4 Å². The average molecular weight is 457 g/mol. The Morgan fingerprint density at radius 2 is 1.47 bits per heavy atom. The summed E-state index contributed by atoms with van der Waals surface area (Å²) in [6.45, 7) is 4.71. The number of hydrogen-bond donors (Lipinski definition) is 0. The van der Waals surface area contributed by atoms with Gasteiger partial charge in [-0.05, 0) is 47.5 Å². The number of aromatic nitrogens is 3. The van der Waals surface area contributed by atoms with Crippen LogP contribution in [-0.4, -0.2) is 22.6 Å². The van der Waals surface area contributed by atoms with Gasteiger partial charge in [0.1, 0.15) is 13.9 Å². The summed E-state index contributed by atoms with van der Waals surface area (Å²) >= 11 is 0. The summed E-state index contributed by atoms with van der Waals surface area (Å²) in [5, 5.41) is 4.91. The van der Waals surface area contributed by atoms with E-state index >= 15 is 0 Å². The lowest BCUT2D eigenvalue weighted by Gasteiger charge is -2.23. The van der Waals surface area contributed by atoms with Crippen LogP contribution in [0.4, 0.5) is 0 Å². The highest BCUT2D eigenvalue weighted by molar-refractivity contribution is 6.99. The third-order valence-corrected chi connectivity index (χ3v) is 10.1. The van der Waals surface area contributed by atoms with Gasteiger partial charge in [0.05, 0.1) is 12.4 Å². The molecule has 3 heterocycles. The van der Waals surface area contributed by atoms with E-state index in [2.05, 4.69) is 106 Å². The topological polar surface area (TPSA) is 30.7 Å². The third-order valence-electron chi connectivity index (χ3n) is 6.72. The summed E-state index contributed by atoms with van der Waals surface area (Å²) in [6, 6.07) is 35.8. The molecule has 3 nitrogen and oxygen atoms in total. The van der Waals surface area contributed by atoms with Gasteiger partial charge in [-0.3, -0.25) is 9.55 Å². The van der Waals surface area contributed by atoms with E-state index in [0.29, 0.717) is 0 Å². The van der Waals surface area contributed by atoms with Crippen LogP contribution in [0.3, 0.4) is 0 Å². The zero-order chi connectivity index (χ0) is 24.0. The molecule has 3 aromatic carbocycles. The Labute approximate surface area is 201 Å². The normalized spacial score (nSPS) is 12.2. The van der Waals surface area contributed by atoms with Crippen molar-refractivity contribution in [3.8, 4) is 16.9 Å². The molecular weight excluding hydrogens is 430 g/mol. The Kier molecular flexibility index (Phi) is 4.62.